The molecule has 0 spiro atoms. The van der Waals surface area contributed by atoms with Gasteiger partial charge in [0.1, 0.15) is 0 Å². The van der Waals surface area contributed by atoms with Gasteiger partial charge >= 0.3 is 0 Å². The first-order chi connectivity index (χ1) is 27.8. The normalized spacial score (nSPS) is 11.9. The number of rotatable bonds is 9. The number of allylic oxidation sites excluding steroid dienone is 2. The SMILES string of the molecule is C=Cc1cnc(N=C(C)/C=C(/c2ccc(-c3c4ccccc4c(-c4ccc(C#N)cc4)c4ccccc34)cc2)c2ccccc2C)c(C)c1/C=C\C.CCC=NC. The lowest BCUT2D eigenvalue weighted by Gasteiger charge is -2.18. The standard InChI is InChI=1S/C49H39N3.C4H9N/c1-6-14-41-34(5)49(51-31-36(41)7-2)52-33(4)29-46(40-16-9-8-15-32(40)3)37-25-27-39(28-26-37)48-44-19-12-10-17-42(44)47(43-18-11-13-20-45(43)48)38-23-21-35(30-50)22-24-38;1-3-4-5-2/h6-29,31H,2H2,1,3-5H3;4H,3H2,1-2H3/b14-6-,46-29-,52-33?;. The van der Waals surface area contributed by atoms with Crippen LogP contribution in [0.2, 0.25) is 0 Å². The molecule has 280 valence electrons. The van der Waals surface area contributed by atoms with Gasteiger partial charge in [0.05, 0.1) is 11.6 Å². The number of benzene rings is 6. The second kappa shape index (κ2) is 18.6. The van der Waals surface area contributed by atoms with Crippen LogP contribution in [0, 0.1) is 25.2 Å². The molecule has 1 aromatic heterocycles. The number of fused-ring (bicyclic) bond motifs is 2. The molecule has 6 aromatic carbocycles. The van der Waals surface area contributed by atoms with E-state index in [1.165, 1.54) is 38.2 Å². The predicted molar refractivity (Wildman–Crippen MR) is 247 cm³/mol. The first-order valence-electron chi connectivity index (χ1n) is 19.4. The Morgan fingerprint density at radius 2 is 1.32 bits per heavy atom. The van der Waals surface area contributed by atoms with Gasteiger partial charge in [-0.2, -0.15) is 5.26 Å². The fraction of sp³-hybridized carbons (Fsp3) is 0.132. The van der Waals surface area contributed by atoms with Crippen molar-refractivity contribution in [2.75, 3.05) is 7.05 Å². The maximum Gasteiger partial charge on any atom is 0.155 e. The van der Waals surface area contributed by atoms with Gasteiger partial charge < -0.3 is 4.99 Å². The number of aliphatic imine (C=N–C) groups is 2. The van der Waals surface area contributed by atoms with E-state index in [1.807, 2.05) is 50.5 Å². The molecule has 0 aliphatic heterocycles. The Morgan fingerprint density at radius 3 is 1.79 bits per heavy atom. The lowest BCUT2D eigenvalue weighted by atomic mass is 9.85. The molecular weight excluding hydrogens is 693 g/mol. The van der Waals surface area contributed by atoms with Crippen LogP contribution in [0.15, 0.2) is 156 Å². The van der Waals surface area contributed by atoms with Gasteiger partial charge in [-0.15, -0.1) is 0 Å². The van der Waals surface area contributed by atoms with Crippen LogP contribution in [0.25, 0.3) is 61.5 Å². The van der Waals surface area contributed by atoms with E-state index < -0.39 is 0 Å². The lowest BCUT2D eigenvalue weighted by Crippen LogP contribution is -1.97. The maximum absolute atomic E-state index is 9.42. The highest BCUT2D eigenvalue weighted by Gasteiger charge is 2.17. The topological polar surface area (TPSA) is 61.4 Å². The van der Waals surface area contributed by atoms with Crippen molar-refractivity contribution in [3.63, 3.8) is 0 Å². The molecule has 0 N–H and O–H groups in total. The van der Waals surface area contributed by atoms with Crippen LogP contribution >= 0.6 is 0 Å². The van der Waals surface area contributed by atoms with Gasteiger partial charge in [0.25, 0.3) is 0 Å². The fourth-order valence-corrected chi connectivity index (χ4v) is 7.36. The third kappa shape index (κ3) is 8.64. The maximum atomic E-state index is 9.42. The van der Waals surface area contributed by atoms with Crippen LogP contribution in [0.3, 0.4) is 0 Å². The zero-order valence-corrected chi connectivity index (χ0v) is 33.7. The van der Waals surface area contributed by atoms with Crippen molar-refractivity contribution in [3.05, 3.63) is 185 Å². The van der Waals surface area contributed by atoms with Crippen molar-refractivity contribution in [1.82, 2.24) is 4.98 Å². The van der Waals surface area contributed by atoms with Gasteiger partial charge in [-0.1, -0.05) is 141 Å². The summed E-state index contributed by atoms with van der Waals surface area (Å²) in [7, 11) is 1.78. The predicted octanol–water partition coefficient (Wildman–Crippen LogP) is 14.2. The van der Waals surface area contributed by atoms with Gasteiger partial charge in [-0.25, -0.2) is 9.98 Å². The summed E-state index contributed by atoms with van der Waals surface area (Å²) in [6.07, 6.45) is 12.9. The first-order valence-corrected chi connectivity index (χ1v) is 19.4. The van der Waals surface area contributed by atoms with E-state index in [1.54, 1.807) is 7.05 Å². The summed E-state index contributed by atoms with van der Waals surface area (Å²) in [5.74, 6) is 0.704. The summed E-state index contributed by atoms with van der Waals surface area (Å²) >= 11 is 0. The molecule has 0 amide bonds. The number of hydrogen-bond acceptors (Lipinski definition) is 4. The quantitative estimate of drug-likeness (QED) is 0.109. The van der Waals surface area contributed by atoms with Crippen LogP contribution < -0.4 is 0 Å². The van der Waals surface area contributed by atoms with Gasteiger partial charge in [-0.05, 0) is 136 Å². The molecule has 0 fully saturated rings. The van der Waals surface area contributed by atoms with Gasteiger partial charge in [0.2, 0.25) is 0 Å². The van der Waals surface area contributed by atoms with E-state index in [-0.39, 0.29) is 0 Å². The molecule has 7 aromatic rings. The summed E-state index contributed by atoms with van der Waals surface area (Å²) in [6, 6.07) is 44.9. The molecule has 4 nitrogen and oxygen atoms in total. The number of aromatic nitrogens is 1. The van der Waals surface area contributed by atoms with Crippen molar-refractivity contribution in [1.29, 1.82) is 5.26 Å². The highest BCUT2D eigenvalue weighted by atomic mass is 14.9. The highest BCUT2D eigenvalue weighted by Crippen LogP contribution is 2.44. The molecule has 4 heteroatoms. The Bertz CT molecular complexity index is 2660. The van der Waals surface area contributed by atoms with Crippen molar-refractivity contribution >= 4 is 57.0 Å². The zero-order chi connectivity index (χ0) is 40.3. The van der Waals surface area contributed by atoms with E-state index in [0.29, 0.717) is 11.4 Å². The van der Waals surface area contributed by atoms with E-state index in [0.717, 1.165) is 56.6 Å². The van der Waals surface area contributed by atoms with E-state index >= 15 is 0 Å². The Hall–Kier alpha value is -6.96. The highest BCUT2D eigenvalue weighted by molar-refractivity contribution is 6.21. The fourth-order valence-electron chi connectivity index (χ4n) is 7.36. The summed E-state index contributed by atoms with van der Waals surface area (Å²) in [5.41, 5.74) is 13.8. The van der Waals surface area contributed by atoms with Crippen molar-refractivity contribution in [2.45, 2.75) is 41.0 Å². The molecule has 0 atom stereocenters. The van der Waals surface area contributed by atoms with Gasteiger partial charge in [-0.3, -0.25) is 0 Å². The average Bonchev–Trinajstić information content (AvgIpc) is 3.24. The molecule has 0 radical (unpaired) electrons. The second-order valence-corrected chi connectivity index (χ2v) is 13.9. The van der Waals surface area contributed by atoms with Gasteiger partial charge in [0, 0.05) is 24.5 Å². The van der Waals surface area contributed by atoms with Crippen LogP contribution in [-0.4, -0.2) is 24.0 Å². The zero-order valence-electron chi connectivity index (χ0n) is 33.7. The molecule has 0 aliphatic rings. The Morgan fingerprint density at radius 1 is 0.772 bits per heavy atom. The second-order valence-electron chi connectivity index (χ2n) is 13.9. The molecule has 0 unspecified atom stereocenters. The molecule has 0 saturated heterocycles. The Balaban J connectivity index is 0.00000103. The van der Waals surface area contributed by atoms with Crippen molar-refractivity contribution in [3.8, 4) is 28.3 Å². The number of aryl methyl sites for hydroxylation is 1. The smallest absolute Gasteiger partial charge is 0.155 e. The van der Waals surface area contributed by atoms with E-state index in [9.17, 15) is 5.26 Å². The number of nitrogens with zero attached hydrogens (tertiary/aromatic N) is 4. The molecule has 1 heterocycles. The van der Waals surface area contributed by atoms with Crippen LogP contribution in [0.1, 0.15) is 66.1 Å². The average molecular weight is 741 g/mol. The third-order valence-electron chi connectivity index (χ3n) is 10.1. The summed E-state index contributed by atoms with van der Waals surface area (Å²) in [6.45, 7) is 14.3. The molecule has 7 rings (SSSR count). The molecule has 0 saturated carbocycles. The molecular formula is C53H48N4. The molecule has 57 heavy (non-hydrogen) atoms. The third-order valence-corrected chi connectivity index (χ3v) is 10.1. The summed E-state index contributed by atoms with van der Waals surface area (Å²) < 4.78 is 0. The minimum Gasteiger partial charge on any atom is -0.301 e. The number of hydrogen-bond donors (Lipinski definition) is 0. The summed E-state index contributed by atoms with van der Waals surface area (Å²) in [5, 5.41) is 14.2. The van der Waals surface area contributed by atoms with E-state index in [4.69, 9.17) is 9.98 Å². The van der Waals surface area contributed by atoms with Crippen LogP contribution in [0.5, 0.6) is 0 Å². The Kier molecular flexibility index (Phi) is 13.0. The number of nitriles is 1. The van der Waals surface area contributed by atoms with Crippen molar-refractivity contribution < 1.29 is 0 Å². The molecule has 0 aliphatic carbocycles. The Labute approximate surface area is 337 Å². The van der Waals surface area contributed by atoms with Crippen LogP contribution in [-0.2, 0) is 0 Å². The van der Waals surface area contributed by atoms with Gasteiger partial charge in [0.15, 0.2) is 5.82 Å². The number of pyridine rings is 1. The first kappa shape index (κ1) is 39.7. The monoisotopic (exact) mass is 740 g/mol. The summed E-state index contributed by atoms with van der Waals surface area (Å²) in [4.78, 5) is 13.4. The largest absolute Gasteiger partial charge is 0.301 e. The van der Waals surface area contributed by atoms with Crippen LogP contribution in [0.4, 0.5) is 5.82 Å². The minimum atomic E-state index is 0.655. The molecule has 0 bridgehead atoms. The van der Waals surface area contributed by atoms with E-state index in [2.05, 4.69) is 160 Å². The van der Waals surface area contributed by atoms with Crippen molar-refractivity contribution in [2.24, 2.45) is 9.98 Å². The lowest BCUT2D eigenvalue weighted by molar-refractivity contribution is 1.21. The minimum absolute atomic E-state index is 0.655.